The Balaban J connectivity index is 1.88. The number of hydrogen-bond donors (Lipinski definition) is 1. The summed E-state index contributed by atoms with van der Waals surface area (Å²) in [5.74, 6) is -1.62. The monoisotopic (exact) mass is 501 g/mol. The minimum absolute atomic E-state index is 0.0581. The fourth-order valence-corrected chi connectivity index (χ4v) is 4.37. The largest absolute Gasteiger partial charge is 0.507 e. The van der Waals surface area contributed by atoms with Gasteiger partial charge < -0.3 is 19.3 Å². The summed E-state index contributed by atoms with van der Waals surface area (Å²) in [7, 11) is 2.96. The fraction of sp³-hybridized carbons (Fsp3) is 0.207. The summed E-state index contributed by atoms with van der Waals surface area (Å²) in [5.41, 5.74) is 2.53. The second kappa shape index (κ2) is 10.6. The molecule has 1 unspecified atom stereocenters. The van der Waals surface area contributed by atoms with Crippen LogP contribution in [0.25, 0.3) is 5.76 Å². The third-order valence-corrected chi connectivity index (χ3v) is 6.12. The molecule has 1 aliphatic heterocycles. The molecule has 1 aliphatic rings. The Hall–Kier alpha value is -4.59. The molecule has 1 N–H and O–H groups in total. The summed E-state index contributed by atoms with van der Waals surface area (Å²) < 4.78 is 15.6. The van der Waals surface area contributed by atoms with E-state index in [1.165, 1.54) is 31.3 Å². The third-order valence-electron chi connectivity index (χ3n) is 6.12. The summed E-state index contributed by atoms with van der Waals surface area (Å²) >= 11 is 0. The summed E-state index contributed by atoms with van der Waals surface area (Å²) in [6, 6.07) is 17.5. The van der Waals surface area contributed by atoms with Gasteiger partial charge in [-0.1, -0.05) is 29.8 Å². The van der Waals surface area contributed by atoms with Gasteiger partial charge in [0.15, 0.2) is 11.5 Å². The van der Waals surface area contributed by atoms with E-state index < -0.39 is 23.7 Å². The zero-order valence-electron chi connectivity index (χ0n) is 21.0. The van der Waals surface area contributed by atoms with E-state index in [4.69, 9.17) is 14.2 Å². The summed E-state index contributed by atoms with van der Waals surface area (Å²) in [6.45, 7) is 3.85. The van der Waals surface area contributed by atoms with Gasteiger partial charge in [-0.05, 0) is 61.9 Å². The molecule has 8 nitrogen and oxygen atoms in total. The Morgan fingerprint density at radius 3 is 2.22 bits per heavy atom. The molecule has 1 saturated heterocycles. The molecule has 37 heavy (non-hydrogen) atoms. The van der Waals surface area contributed by atoms with Crippen molar-refractivity contribution in [3.63, 3.8) is 0 Å². The molecular formula is C29H27NO7. The van der Waals surface area contributed by atoms with E-state index in [1.807, 2.05) is 25.1 Å². The van der Waals surface area contributed by atoms with Crippen LogP contribution in [-0.4, -0.2) is 43.6 Å². The van der Waals surface area contributed by atoms with Crippen molar-refractivity contribution in [2.24, 2.45) is 0 Å². The van der Waals surface area contributed by atoms with Gasteiger partial charge in [-0.3, -0.25) is 14.5 Å². The highest BCUT2D eigenvalue weighted by Gasteiger charge is 2.47. The van der Waals surface area contributed by atoms with Gasteiger partial charge in [0.25, 0.3) is 11.7 Å². The number of aryl methyl sites for hydroxylation is 1. The number of carbonyl (C=O) groups is 3. The van der Waals surface area contributed by atoms with Crippen molar-refractivity contribution in [2.75, 3.05) is 25.7 Å². The first kappa shape index (κ1) is 25.5. The van der Waals surface area contributed by atoms with Crippen molar-refractivity contribution in [2.45, 2.75) is 19.9 Å². The maximum Gasteiger partial charge on any atom is 0.338 e. The molecule has 1 heterocycles. The van der Waals surface area contributed by atoms with Gasteiger partial charge in [-0.2, -0.15) is 0 Å². The van der Waals surface area contributed by atoms with Crippen LogP contribution in [0.1, 0.15) is 40.0 Å². The molecule has 0 saturated carbocycles. The molecule has 8 heteroatoms. The summed E-state index contributed by atoms with van der Waals surface area (Å²) in [6.07, 6.45) is 0. The lowest BCUT2D eigenvalue weighted by Crippen LogP contribution is -2.29. The number of aliphatic hydroxyl groups is 1. The Morgan fingerprint density at radius 1 is 0.919 bits per heavy atom. The van der Waals surface area contributed by atoms with Crippen molar-refractivity contribution in [3.05, 3.63) is 94.6 Å². The SMILES string of the molecule is CCOC(=O)c1ccc(N2C(=O)C(=O)/C(=C(\O)c3ccc(OC)c(OC)c3)C2c2cccc(C)c2)cc1. The topological polar surface area (TPSA) is 102 Å². The smallest absolute Gasteiger partial charge is 0.338 e. The molecule has 0 bridgehead atoms. The van der Waals surface area contributed by atoms with Crippen LogP contribution in [0, 0.1) is 6.92 Å². The van der Waals surface area contributed by atoms with Crippen molar-refractivity contribution in [1.82, 2.24) is 0 Å². The lowest BCUT2D eigenvalue weighted by Gasteiger charge is -2.26. The van der Waals surface area contributed by atoms with Crippen LogP contribution in [0.3, 0.4) is 0 Å². The predicted molar refractivity (Wildman–Crippen MR) is 138 cm³/mol. The highest BCUT2D eigenvalue weighted by Crippen LogP contribution is 2.43. The molecule has 1 amide bonds. The van der Waals surface area contributed by atoms with Gasteiger partial charge in [-0.15, -0.1) is 0 Å². The van der Waals surface area contributed by atoms with Crippen LogP contribution in [0.15, 0.2) is 72.3 Å². The number of carbonyl (C=O) groups excluding carboxylic acids is 3. The van der Waals surface area contributed by atoms with Crippen LogP contribution in [0.5, 0.6) is 11.5 Å². The standard InChI is InChI=1S/C29H27NO7/c1-5-37-29(34)18-9-12-21(13-10-18)30-25(19-8-6-7-17(2)15-19)24(27(32)28(30)33)26(31)20-11-14-22(35-3)23(16-20)36-4/h6-16,25,31H,5H2,1-4H3/b26-24-. The number of hydrogen-bond acceptors (Lipinski definition) is 7. The molecule has 1 fully saturated rings. The molecular weight excluding hydrogens is 474 g/mol. The second-order valence-corrected chi connectivity index (χ2v) is 8.42. The number of aliphatic hydroxyl groups excluding tert-OH is 1. The number of amides is 1. The van der Waals surface area contributed by atoms with Gasteiger partial charge in [0.2, 0.25) is 0 Å². The zero-order valence-corrected chi connectivity index (χ0v) is 21.0. The highest BCUT2D eigenvalue weighted by atomic mass is 16.5. The summed E-state index contributed by atoms with van der Waals surface area (Å²) in [4.78, 5) is 40.2. The van der Waals surface area contributed by atoms with E-state index in [1.54, 1.807) is 43.3 Å². The van der Waals surface area contributed by atoms with Crippen LogP contribution in [0.4, 0.5) is 5.69 Å². The maximum absolute atomic E-state index is 13.4. The molecule has 0 aromatic heterocycles. The Kier molecular flexibility index (Phi) is 7.29. The maximum atomic E-state index is 13.4. The molecule has 3 aromatic rings. The van der Waals surface area contributed by atoms with Gasteiger partial charge in [0.1, 0.15) is 5.76 Å². The van der Waals surface area contributed by atoms with Crippen molar-refractivity contribution < 1.29 is 33.7 Å². The average Bonchev–Trinajstić information content (AvgIpc) is 3.18. The van der Waals surface area contributed by atoms with Crippen molar-refractivity contribution in [1.29, 1.82) is 0 Å². The van der Waals surface area contributed by atoms with Crippen LogP contribution in [-0.2, 0) is 14.3 Å². The minimum atomic E-state index is -0.901. The van der Waals surface area contributed by atoms with E-state index in [0.717, 1.165) is 5.56 Å². The van der Waals surface area contributed by atoms with Gasteiger partial charge in [0, 0.05) is 11.3 Å². The van der Waals surface area contributed by atoms with E-state index in [9.17, 15) is 19.5 Å². The number of ether oxygens (including phenoxy) is 3. The van der Waals surface area contributed by atoms with Crippen molar-refractivity contribution >= 4 is 29.1 Å². The minimum Gasteiger partial charge on any atom is -0.507 e. The molecule has 190 valence electrons. The van der Waals surface area contributed by atoms with E-state index in [0.29, 0.717) is 33.9 Å². The lowest BCUT2D eigenvalue weighted by molar-refractivity contribution is -0.132. The van der Waals surface area contributed by atoms with Gasteiger partial charge in [0.05, 0.1) is 38.0 Å². The lowest BCUT2D eigenvalue weighted by atomic mass is 9.94. The van der Waals surface area contributed by atoms with Gasteiger partial charge in [-0.25, -0.2) is 4.79 Å². The number of Topliss-reactive ketones (excluding diaryl/α,β-unsaturated/α-hetero) is 1. The number of rotatable bonds is 7. The Bertz CT molecular complexity index is 1390. The first-order chi connectivity index (χ1) is 17.8. The second-order valence-electron chi connectivity index (χ2n) is 8.42. The molecule has 0 aliphatic carbocycles. The molecule has 3 aromatic carbocycles. The number of ketones is 1. The molecule has 0 spiro atoms. The van der Waals surface area contributed by atoms with E-state index in [2.05, 4.69) is 0 Å². The van der Waals surface area contributed by atoms with Crippen LogP contribution >= 0.6 is 0 Å². The Labute approximate surface area is 214 Å². The number of methoxy groups -OCH3 is 2. The number of benzene rings is 3. The molecule has 4 rings (SSSR count). The third kappa shape index (κ3) is 4.78. The van der Waals surface area contributed by atoms with E-state index >= 15 is 0 Å². The number of anilines is 1. The van der Waals surface area contributed by atoms with Crippen LogP contribution in [0.2, 0.25) is 0 Å². The van der Waals surface area contributed by atoms with Gasteiger partial charge >= 0.3 is 5.97 Å². The Morgan fingerprint density at radius 2 is 1.59 bits per heavy atom. The zero-order chi connectivity index (χ0) is 26.7. The van der Waals surface area contributed by atoms with Crippen molar-refractivity contribution in [3.8, 4) is 11.5 Å². The number of nitrogens with zero attached hydrogens (tertiary/aromatic N) is 1. The quantitative estimate of drug-likeness (QED) is 0.214. The number of esters is 1. The first-order valence-electron chi connectivity index (χ1n) is 11.7. The predicted octanol–water partition coefficient (Wildman–Crippen LogP) is 4.82. The normalized spacial score (nSPS) is 16.5. The molecule has 0 radical (unpaired) electrons. The first-order valence-corrected chi connectivity index (χ1v) is 11.7. The highest BCUT2D eigenvalue weighted by molar-refractivity contribution is 6.51. The fourth-order valence-electron chi connectivity index (χ4n) is 4.37. The molecule has 1 atom stereocenters. The summed E-state index contributed by atoms with van der Waals surface area (Å²) in [5, 5.41) is 11.4. The van der Waals surface area contributed by atoms with Crippen LogP contribution < -0.4 is 14.4 Å². The average molecular weight is 502 g/mol. The van der Waals surface area contributed by atoms with E-state index in [-0.39, 0.29) is 17.9 Å².